The van der Waals surface area contributed by atoms with Crippen LogP contribution < -0.4 is 4.72 Å². The molecule has 0 bridgehead atoms. The Labute approximate surface area is 180 Å². The molecule has 0 atom stereocenters. The number of hydrogen-bond donors (Lipinski definition) is 3. The molecule has 0 saturated carbocycles. The molecule has 0 radical (unpaired) electrons. The predicted octanol–water partition coefficient (Wildman–Crippen LogP) is 4.06. The predicted molar refractivity (Wildman–Crippen MR) is 116 cm³/mol. The number of aryl methyl sites for hydroxylation is 2. The minimum atomic E-state index is -3.89. The van der Waals surface area contributed by atoms with E-state index >= 15 is 0 Å². The summed E-state index contributed by atoms with van der Waals surface area (Å²) in [7, 11) is -3.89. The summed E-state index contributed by atoms with van der Waals surface area (Å²) in [5.74, 6) is -2.11. The van der Waals surface area contributed by atoms with Gasteiger partial charge in [0, 0.05) is 0 Å². The standard InChI is InChI=1S/C23H21NO6S/c25-22(26)18-12-14-19(15-13-18)31(29,30)24-21-11-4-2-7-17(21)9-5-8-16-6-1-3-10-20(16)23(27)28/h1-4,6-7,10-15,24H,5,8-9H2,(H,25,26)(H,27,28). The first-order chi connectivity index (χ1) is 14.8. The van der Waals surface area contributed by atoms with Crippen LogP contribution in [0.3, 0.4) is 0 Å². The molecular formula is C23H21NO6S. The Balaban J connectivity index is 1.73. The minimum Gasteiger partial charge on any atom is -0.478 e. The average Bonchev–Trinajstić information content (AvgIpc) is 2.75. The van der Waals surface area contributed by atoms with Crippen molar-refractivity contribution in [2.75, 3.05) is 4.72 Å². The molecule has 0 aromatic heterocycles. The average molecular weight is 439 g/mol. The fraction of sp³-hybridized carbons (Fsp3) is 0.130. The number of carbonyl (C=O) groups is 2. The summed E-state index contributed by atoms with van der Waals surface area (Å²) in [4.78, 5) is 22.3. The molecule has 0 aliphatic heterocycles. The normalized spacial score (nSPS) is 11.1. The van der Waals surface area contributed by atoms with Crippen molar-refractivity contribution >= 4 is 27.6 Å². The van der Waals surface area contributed by atoms with E-state index in [0.29, 0.717) is 24.9 Å². The van der Waals surface area contributed by atoms with Crippen molar-refractivity contribution in [3.8, 4) is 0 Å². The lowest BCUT2D eigenvalue weighted by atomic mass is 9.99. The fourth-order valence-corrected chi connectivity index (χ4v) is 4.34. The third-order valence-corrected chi connectivity index (χ3v) is 6.19. The van der Waals surface area contributed by atoms with Gasteiger partial charge in [0.25, 0.3) is 10.0 Å². The van der Waals surface area contributed by atoms with Crippen LogP contribution in [0, 0.1) is 0 Å². The first kappa shape index (κ1) is 22.0. The van der Waals surface area contributed by atoms with E-state index in [1.54, 1.807) is 42.5 Å². The van der Waals surface area contributed by atoms with Gasteiger partial charge in [0.1, 0.15) is 0 Å². The van der Waals surface area contributed by atoms with Gasteiger partial charge in [-0.05, 0) is 66.8 Å². The van der Waals surface area contributed by atoms with Crippen LogP contribution in [0.4, 0.5) is 5.69 Å². The van der Waals surface area contributed by atoms with Gasteiger partial charge in [0.2, 0.25) is 0 Å². The SMILES string of the molecule is O=C(O)c1ccc(S(=O)(=O)Nc2ccccc2CCCc2ccccc2C(=O)O)cc1. The Kier molecular flexibility index (Phi) is 6.71. The van der Waals surface area contributed by atoms with Crippen molar-refractivity contribution in [1.82, 2.24) is 0 Å². The quantitative estimate of drug-likeness (QED) is 0.462. The van der Waals surface area contributed by atoms with Gasteiger partial charge in [0.05, 0.1) is 21.7 Å². The van der Waals surface area contributed by atoms with Gasteiger partial charge in [-0.2, -0.15) is 0 Å². The van der Waals surface area contributed by atoms with Gasteiger partial charge in [-0.15, -0.1) is 0 Å². The Morgan fingerprint density at radius 2 is 1.32 bits per heavy atom. The van der Waals surface area contributed by atoms with Crippen LogP contribution in [0.1, 0.15) is 38.3 Å². The summed E-state index contributed by atoms with van der Waals surface area (Å²) in [5, 5.41) is 18.3. The summed E-state index contributed by atoms with van der Waals surface area (Å²) < 4.78 is 28.0. The third kappa shape index (κ3) is 5.49. The number of benzene rings is 3. The molecule has 8 heteroatoms. The number of nitrogens with one attached hydrogen (secondary N) is 1. The van der Waals surface area contributed by atoms with E-state index in [2.05, 4.69) is 4.72 Å². The number of rotatable bonds is 9. The second-order valence-electron chi connectivity index (χ2n) is 6.91. The monoisotopic (exact) mass is 439 g/mol. The molecule has 0 saturated heterocycles. The Bertz CT molecular complexity index is 1200. The molecule has 0 amide bonds. The molecule has 0 aliphatic carbocycles. The van der Waals surface area contributed by atoms with Gasteiger partial charge in [-0.3, -0.25) is 4.72 Å². The lowest BCUT2D eigenvalue weighted by Gasteiger charge is -2.13. The molecule has 0 spiro atoms. The Morgan fingerprint density at radius 1 is 0.742 bits per heavy atom. The molecule has 3 N–H and O–H groups in total. The van der Waals surface area contributed by atoms with Crippen LogP contribution in [0.5, 0.6) is 0 Å². The van der Waals surface area contributed by atoms with Gasteiger partial charge >= 0.3 is 11.9 Å². The molecule has 0 fully saturated rings. The van der Waals surface area contributed by atoms with E-state index in [1.165, 1.54) is 24.3 Å². The molecule has 3 rings (SSSR count). The van der Waals surface area contributed by atoms with Crippen LogP contribution in [0.2, 0.25) is 0 Å². The summed E-state index contributed by atoms with van der Waals surface area (Å²) in [5.41, 5.74) is 2.20. The summed E-state index contributed by atoms with van der Waals surface area (Å²) in [6, 6.07) is 18.8. The molecular weight excluding hydrogens is 418 g/mol. The zero-order valence-electron chi connectivity index (χ0n) is 16.5. The fourth-order valence-electron chi connectivity index (χ4n) is 3.23. The summed E-state index contributed by atoms with van der Waals surface area (Å²) >= 11 is 0. The van der Waals surface area contributed by atoms with Crippen molar-refractivity contribution < 1.29 is 28.2 Å². The number of anilines is 1. The highest BCUT2D eigenvalue weighted by Gasteiger charge is 2.17. The molecule has 160 valence electrons. The summed E-state index contributed by atoms with van der Waals surface area (Å²) in [6.45, 7) is 0. The maximum atomic E-state index is 12.7. The van der Waals surface area contributed by atoms with Gasteiger partial charge in [-0.25, -0.2) is 18.0 Å². The zero-order valence-corrected chi connectivity index (χ0v) is 17.3. The van der Waals surface area contributed by atoms with Crippen LogP contribution in [-0.4, -0.2) is 30.6 Å². The first-order valence-electron chi connectivity index (χ1n) is 9.53. The molecule has 3 aromatic rings. The van der Waals surface area contributed by atoms with Crippen molar-refractivity contribution in [1.29, 1.82) is 0 Å². The van der Waals surface area contributed by atoms with Gasteiger partial charge in [0.15, 0.2) is 0 Å². The number of hydrogen-bond acceptors (Lipinski definition) is 4. The van der Waals surface area contributed by atoms with Crippen LogP contribution >= 0.6 is 0 Å². The lowest BCUT2D eigenvalue weighted by molar-refractivity contribution is 0.0685. The maximum Gasteiger partial charge on any atom is 0.335 e. The highest BCUT2D eigenvalue weighted by molar-refractivity contribution is 7.92. The van der Waals surface area contributed by atoms with Crippen LogP contribution in [-0.2, 0) is 22.9 Å². The molecule has 31 heavy (non-hydrogen) atoms. The van der Waals surface area contributed by atoms with Crippen molar-refractivity contribution in [2.24, 2.45) is 0 Å². The van der Waals surface area contributed by atoms with Crippen LogP contribution in [0.15, 0.2) is 77.7 Å². The highest BCUT2D eigenvalue weighted by Crippen LogP contribution is 2.23. The molecule has 7 nitrogen and oxygen atoms in total. The summed E-state index contributed by atoms with van der Waals surface area (Å²) in [6.07, 6.45) is 1.72. The second-order valence-corrected chi connectivity index (χ2v) is 8.59. The van der Waals surface area contributed by atoms with Crippen molar-refractivity contribution in [2.45, 2.75) is 24.2 Å². The molecule has 0 aliphatic rings. The van der Waals surface area contributed by atoms with E-state index < -0.39 is 22.0 Å². The number of para-hydroxylation sites is 1. The second kappa shape index (κ2) is 9.44. The van der Waals surface area contributed by atoms with E-state index in [4.69, 9.17) is 5.11 Å². The number of carboxylic acid groups (broad SMARTS) is 2. The largest absolute Gasteiger partial charge is 0.478 e. The topological polar surface area (TPSA) is 121 Å². The third-order valence-electron chi connectivity index (χ3n) is 4.81. The Hall–Kier alpha value is -3.65. The maximum absolute atomic E-state index is 12.7. The zero-order chi connectivity index (χ0) is 22.4. The van der Waals surface area contributed by atoms with Crippen molar-refractivity contribution in [3.05, 3.63) is 95.1 Å². The Morgan fingerprint density at radius 3 is 1.97 bits per heavy atom. The van der Waals surface area contributed by atoms with Crippen molar-refractivity contribution in [3.63, 3.8) is 0 Å². The lowest BCUT2D eigenvalue weighted by Crippen LogP contribution is -2.14. The molecule has 0 unspecified atom stereocenters. The van der Waals surface area contributed by atoms with E-state index in [0.717, 1.165) is 11.1 Å². The smallest absolute Gasteiger partial charge is 0.335 e. The van der Waals surface area contributed by atoms with Gasteiger partial charge in [-0.1, -0.05) is 36.4 Å². The molecule has 0 heterocycles. The first-order valence-corrected chi connectivity index (χ1v) is 11.0. The minimum absolute atomic E-state index is 0.000919. The highest BCUT2D eigenvalue weighted by atomic mass is 32.2. The van der Waals surface area contributed by atoms with Gasteiger partial charge < -0.3 is 10.2 Å². The van der Waals surface area contributed by atoms with Crippen LogP contribution in [0.25, 0.3) is 0 Å². The number of sulfonamides is 1. The number of aromatic carboxylic acids is 2. The molecule has 3 aromatic carbocycles. The van der Waals surface area contributed by atoms with E-state index in [-0.39, 0.29) is 16.0 Å². The van der Waals surface area contributed by atoms with E-state index in [9.17, 15) is 23.1 Å². The van der Waals surface area contributed by atoms with E-state index in [1.807, 2.05) is 6.07 Å². The number of carboxylic acids is 2.